The van der Waals surface area contributed by atoms with Crippen molar-refractivity contribution in [1.82, 2.24) is 0 Å². The Morgan fingerprint density at radius 1 is 1.37 bits per heavy atom. The molecule has 0 radical (unpaired) electrons. The molecule has 2 heteroatoms. The van der Waals surface area contributed by atoms with E-state index in [1.54, 1.807) is 5.57 Å². The van der Waals surface area contributed by atoms with Gasteiger partial charge in [0.05, 0.1) is 6.10 Å². The highest BCUT2D eigenvalue weighted by molar-refractivity contribution is 14.1. The zero-order valence-electron chi connectivity index (χ0n) is 13.3. The molecule has 0 saturated heterocycles. The third kappa shape index (κ3) is 2.52. The normalized spacial score (nSPS) is 43.3. The van der Waals surface area contributed by atoms with Crippen LogP contribution in [0.4, 0.5) is 0 Å². The Morgan fingerprint density at radius 3 is 2.58 bits per heavy atom. The SMILES string of the molecule is COC(C)C1(C)CC2C(=CCCC2(C)C)[C@@H](I)C1C. The predicted octanol–water partition coefficient (Wildman–Crippen LogP) is 5.23. The van der Waals surface area contributed by atoms with E-state index in [-0.39, 0.29) is 5.41 Å². The molecule has 0 bridgehead atoms. The molecule has 0 spiro atoms. The Hall–Kier alpha value is 0.430. The molecule has 1 nitrogen and oxygen atoms in total. The lowest BCUT2D eigenvalue weighted by atomic mass is 9.53. The number of hydrogen-bond donors (Lipinski definition) is 0. The van der Waals surface area contributed by atoms with Crippen molar-refractivity contribution in [2.75, 3.05) is 7.11 Å². The van der Waals surface area contributed by atoms with E-state index < -0.39 is 0 Å². The van der Waals surface area contributed by atoms with E-state index in [1.807, 2.05) is 7.11 Å². The van der Waals surface area contributed by atoms with Gasteiger partial charge in [-0.15, -0.1) is 0 Å². The van der Waals surface area contributed by atoms with Crippen molar-refractivity contribution in [3.63, 3.8) is 0 Å². The molecular weight excluding hydrogens is 347 g/mol. The minimum atomic E-state index is 0.289. The van der Waals surface area contributed by atoms with Gasteiger partial charge in [0.1, 0.15) is 0 Å². The van der Waals surface area contributed by atoms with Crippen molar-refractivity contribution in [2.45, 2.75) is 63.9 Å². The molecule has 0 aromatic carbocycles. The summed E-state index contributed by atoms with van der Waals surface area (Å²) in [6.07, 6.45) is 6.75. The first-order valence-electron chi connectivity index (χ1n) is 7.61. The Balaban J connectivity index is 2.39. The standard InChI is InChI=1S/C17H29IO/c1-11-15(18)13-8-7-9-16(3,4)14(13)10-17(11,5)12(2)19-6/h8,11-12,14-15H,7,9-10H2,1-6H3/t11?,12?,14?,15-,17?/m0/s1. The minimum Gasteiger partial charge on any atom is -0.381 e. The molecule has 2 aliphatic rings. The maximum Gasteiger partial charge on any atom is 0.0600 e. The van der Waals surface area contributed by atoms with Crippen LogP contribution in [0, 0.1) is 22.7 Å². The number of fused-ring (bicyclic) bond motifs is 1. The van der Waals surface area contributed by atoms with Crippen molar-refractivity contribution >= 4 is 22.6 Å². The van der Waals surface area contributed by atoms with Crippen molar-refractivity contribution in [1.29, 1.82) is 0 Å². The fourth-order valence-corrected chi connectivity index (χ4v) is 5.64. The molecular formula is C17H29IO. The number of methoxy groups -OCH3 is 1. The summed E-state index contributed by atoms with van der Waals surface area (Å²) < 4.78 is 6.40. The van der Waals surface area contributed by atoms with E-state index in [2.05, 4.69) is 63.3 Å². The third-order valence-corrected chi connectivity index (χ3v) is 8.04. The molecule has 4 unspecified atom stereocenters. The van der Waals surface area contributed by atoms with Gasteiger partial charge in [0.15, 0.2) is 0 Å². The largest absolute Gasteiger partial charge is 0.381 e. The number of ether oxygens (including phenoxy) is 1. The number of rotatable bonds is 2. The topological polar surface area (TPSA) is 9.23 Å². The molecule has 1 fully saturated rings. The van der Waals surface area contributed by atoms with E-state index in [4.69, 9.17) is 4.74 Å². The van der Waals surface area contributed by atoms with Crippen LogP contribution in [-0.2, 0) is 4.74 Å². The van der Waals surface area contributed by atoms with Gasteiger partial charge in [-0.2, -0.15) is 0 Å². The number of halogens is 1. The molecule has 19 heavy (non-hydrogen) atoms. The van der Waals surface area contributed by atoms with Gasteiger partial charge in [-0.1, -0.05) is 61.9 Å². The van der Waals surface area contributed by atoms with Crippen LogP contribution in [-0.4, -0.2) is 17.1 Å². The van der Waals surface area contributed by atoms with Crippen LogP contribution < -0.4 is 0 Å². The van der Waals surface area contributed by atoms with Crippen molar-refractivity contribution in [3.8, 4) is 0 Å². The van der Waals surface area contributed by atoms with E-state index in [9.17, 15) is 0 Å². The highest BCUT2D eigenvalue weighted by Crippen LogP contribution is 2.58. The van der Waals surface area contributed by atoms with Crippen LogP contribution >= 0.6 is 22.6 Å². The lowest BCUT2D eigenvalue weighted by Crippen LogP contribution is -2.51. The van der Waals surface area contributed by atoms with Crippen molar-refractivity contribution in [2.24, 2.45) is 22.7 Å². The maximum absolute atomic E-state index is 5.74. The van der Waals surface area contributed by atoms with E-state index in [0.717, 1.165) is 5.92 Å². The van der Waals surface area contributed by atoms with Gasteiger partial charge < -0.3 is 4.74 Å². The minimum absolute atomic E-state index is 0.289. The monoisotopic (exact) mass is 376 g/mol. The Bertz CT molecular complexity index is 373. The van der Waals surface area contributed by atoms with Crippen LogP contribution in [0.2, 0.25) is 0 Å². The van der Waals surface area contributed by atoms with Gasteiger partial charge in [-0.05, 0) is 48.9 Å². The summed E-state index contributed by atoms with van der Waals surface area (Å²) in [6, 6.07) is 0. The quantitative estimate of drug-likeness (QED) is 0.364. The van der Waals surface area contributed by atoms with Gasteiger partial charge in [-0.25, -0.2) is 0 Å². The Labute approximate surface area is 132 Å². The highest BCUT2D eigenvalue weighted by Gasteiger charge is 2.52. The number of allylic oxidation sites excluding steroid dienone is 2. The summed E-state index contributed by atoms with van der Waals surface area (Å²) in [5, 5.41) is 0. The smallest absolute Gasteiger partial charge is 0.0600 e. The maximum atomic E-state index is 5.74. The summed E-state index contributed by atoms with van der Waals surface area (Å²) in [5.41, 5.74) is 2.46. The molecule has 1 saturated carbocycles. The van der Waals surface area contributed by atoms with Crippen molar-refractivity contribution < 1.29 is 4.74 Å². The first kappa shape index (κ1) is 15.8. The first-order chi connectivity index (χ1) is 8.74. The second kappa shape index (κ2) is 5.32. The van der Waals surface area contributed by atoms with Gasteiger partial charge in [0.25, 0.3) is 0 Å². The van der Waals surface area contributed by atoms with Crippen LogP contribution in [0.1, 0.15) is 53.9 Å². The van der Waals surface area contributed by atoms with Crippen LogP contribution in [0.5, 0.6) is 0 Å². The third-order valence-electron chi connectivity index (χ3n) is 6.24. The Kier molecular flexibility index (Phi) is 4.43. The molecule has 110 valence electrons. The summed E-state index contributed by atoms with van der Waals surface area (Å²) in [4.78, 5) is 0. The van der Waals surface area contributed by atoms with Gasteiger partial charge in [-0.3, -0.25) is 0 Å². The summed E-state index contributed by atoms with van der Waals surface area (Å²) in [5.74, 6) is 1.42. The number of alkyl halides is 1. The highest BCUT2D eigenvalue weighted by atomic mass is 127. The molecule has 0 heterocycles. The summed E-state index contributed by atoms with van der Waals surface area (Å²) >= 11 is 2.68. The lowest BCUT2D eigenvalue weighted by molar-refractivity contribution is -0.0567. The van der Waals surface area contributed by atoms with Crippen molar-refractivity contribution in [3.05, 3.63) is 11.6 Å². The average Bonchev–Trinajstić information content (AvgIpc) is 2.36. The van der Waals surface area contributed by atoms with E-state index in [1.165, 1.54) is 19.3 Å². The van der Waals surface area contributed by atoms with Gasteiger partial charge in [0.2, 0.25) is 0 Å². The first-order valence-corrected chi connectivity index (χ1v) is 8.85. The molecule has 0 N–H and O–H groups in total. The van der Waals surface area contributed by atoms with Gasteiger partial charge in [0, 0.05) is 11.0 Å². The second-order valence-electron chi connectivity index (χ2n) is 7.56. The van der Waals surface area contributed by atoms with Crippen LogP contribution in [0.25, 0.3) is 0 Å². The fourth-order valence-electron chi connectivity index (χ4n) is 4.13. The molecule has 2 aliphatic carbocycles. The van der Waals surface area contributed by atoms with E-state index >= 15 is 0 Å². The second-order valence-corrected chi connectivity index (χ2v) is 8.90. The zero-order valence-corrected chi connectivity index (χ0v) is 15.5. The predicted molar refractivity (Wildman–Crippen MR) is 90.8 cm³/mol. The Morgan fingerprint density at radius 2 is 2.00 bits per heavy atom. The molecule has 0 amide bonds. The molecule has 0 aliphatic heterocycles. The zero-order chi connectivity index (χ0) is 14.4. The average molecular weight is 376 g/mol. The molecule has 5 atom stereocenters. The summed E-state index contributed by atoms with van der Waals surface area (Å²) in [7, 11) is 1.86. The molecule has 2 rings (SSSR count). The summed E-state index contributed by atoms with van der Waals surface area (Å²) in [6.45, 7) is 12.0. The molecule has 0 aromatic rings. The lowest BCUT2D eigenvalue weighted by Gasteiger charge is -2.55. The van der Waals surface area contributed by atoms with Crippen LogP contribution in [0.3, 0.4) is 0 Å². The van der Waals surface area contributed by atoms with Crippen LogP contribution in [0.15, 0.2) is 11.6 Å². The fraction of sp³-hybridized carbons (Fsp3) is 0.882. The number of hydrogen-bond acceptors (Lipinski definition) is 1. The van der Waals surface area contributed by atoms with Gasteiger partial charge >= 0.3 is 0 Å². The van der Waals surface area contributed by atoms with E-state index in [0.29, 0.717) is 21.4 Å². The molecule has 0 aromatic heterocycles.